The van der Waals surface area contributed by atoms with Gasteiger partial charge in [-0.25, -0.2) is 9.67 Å². The zero-order chi connectivity index (χ0) is 10.8. The first-order valence-corrected chi connectivity index (χ1v) is 4.85. The monoisotopic (exact) mass is 218 g/mol. The summed E-state index contributed by atoms with van der Waals surface area (Å²) in [4.78, 5) is 4.57. The predicted molar refractivity (Wildman–Crippen MR) is 62.0 cm³/mol. The van der Waals surface area contributed by atoms with Gasteiger partial charge in [0, 0.05) is 18.0 Å². The van der Waals surface area contributed by atoms with Crippen molar-refractivity contribution in [1.82, 2.24) is 14.8 Å². The Bertz CT molecular complexity index is 486. The molecule has 76 valence electrons. The van der Waals surface area contributed by atoms with Crippen molar-refractivity contribution in [2.75, 3.05) is 0 Å². The second-order valence-corrected chi connectivity index (χ2v) is 3.67. The van der Waals surface area contributed by atoms with E-state index in [4.69, 9.17) is 18.0 Å². The molecule has 0 aliphatic rings. The summed E-state index contributed by atoms with van der Waals surface area (Å²) in [6.07, 6.45) is 5.33. The van der Waals surface area contributed by atoms with Gasteiger partial charge in [-0.15, -0.1) is 0 Å². The molecule has 0 spiro atoms. The van der Waals surface area contributed by atoms with Crippen LogP contribution in [0.1, 0.15) is 11.1 Å². The van der Waals surface area contributed by atoms with E-state index in [2.05, 4.69) is 10.1 Å². The second kappa shape index (κ2) is 3.78. The van der Waals surface area contributed by atoms with Crippen LogP contribution in [0.15, 0.2) is 30.7 Å². The number of thiocarbonyl (C=S) groups is 1. The van der Waals surface area contributed by atoms with Gasteiger partial charge in [0.15, 0.2) is 5.82 Å². The fourth-order valence-corrected chi connectivity index (χ4v) is 1.33. The average Bonchev–Trinajstić information content (AvgIpc) is 2.65. The minimum atomic E-state index is 0.352. The molecule has 0 aliphatic carbocycles. The average molecular weight is 218 g/mol. The number of hydrogen-bond acceptors (Lipinski definition) is 3. The topological polar surface area (TPSA) is 56.7 Å². The first-order chi connectivity index (χ1) is 7.16. The molecule has 0 fully saturated rings. The highest BCUT2D eigenvalue weighted by Crippen LogP contribution is 2.06. The van der Waals surface area contributed by atoms with E-state index in [1.165, 1.54) is 0 Å². The Morgan fingerprint density at radius 3 is 2.67 bits per heavy atom. The molecule has 0 saturated carbocycles. The van der Waals surface area contributed by atoms with E-state index in [9.17, 15) is 0 Å². The number of aromatic nitrogens is 3. The second-order valence-electron chi connectivity index (χ2n) is 3.23. The Morgan fingerprint density at radius 1 is 1.40 bits per heavy atom. The van der Waals surface area contributed by atoms with Crippen LogP contribution in [0.2, 0.25) is 0 Å². The fourth-order valence-electron chi connectivity index (χ4n) is 1.21. The highest BCUT2D eigenvalue weighted by molar-refractivity contribution is 7.80. The van der Waals surface area contributed by atoms with Crippen LogP contribution < -0.4 is 5.73 Å². The molecule has 0 bridgehead atoms. The van der Waals surface area contributed by atoms with Crippen LogP contribution in [0.4, 0.5) is 0 Å². The van der Waals surface area contributed by atoms with Crippen LogP contribution in [0.5, 0.6) is 0 Å². The van der Waals surface area contributed by atoms with Crippen molar-refractivity contribution in [2.24, 2.45) is 5.73 Å². The third-order valence-corrected chi connectivity index (χ3v) is 2.21. The van der Waals surface area contributed by atoms with Gasteiger partial charge in [-0.05, 0) is 24.6 Å². The van der Waals surface area contributed by atoms with Crippen LogP contribution >= 0.6 is 12.2 Å². The number of aryl methyl sites for hydroxylation is 1. The van der Waals surface area contributed by atoms with Gasteiger partial charge in [0.2, 0.25) is 0 Å². The van der Waals surface area contributed by atoms with Gasteiger partial charge in [0.25, 0.3) is 0 Å². The highest BCUT2D eigenvalue weighted by atomic mass is 32.1. The Morgan fingerprint density at radius 2 is 2.20 bits per heavy atom. The van der Waals surface area contributed by atoms with Gasteiger partial charge in [-0.3, -0.25) is 0 Å². The summed E-state index contributed by atoms with van der Waals surface area (Å²) < 4.78 is 1.71. The number of pyridine rings is 1. The molecule has 0 radical (unpaired) electrons. The van der Waals surface area contributed by atoms with E-state index in [1.807, 2.05) is 25.3 Å². The van der Waals surface area contributed by atoms with Gasteiger partial charge in [0.1, 0.15) is 4.99 Å². The van der Waals surface area contributed by atoms with Gasteiger partial charge in [-0.2, -0.15) is 5.10 Å². The molecular formula is C10H10N4S. The smallest absolute Gasteiger partial charge is 0.153 e. The fraction of sp³-hybridized carbons (Fsp3) is 0.100. The van der Waals surface area contributed by atoms with E-state index in [0.29, 0.717) is 4.99 Å². The lowest BCUT2D eigenvalue weighted by molar-refractivity contribution is 0.846. The van der Waals surface area contributed by atoms with Crippen molar-refractivity contribution in [2.45, 2.75) is 6.92 Å². The standard InChI is InChI=1S/C10H10N4S/c1-7-4-13-14(6-7)9-3-2-8(5-12-9)10(11)15/h2-6H,1H3,(H2,11,15). The predicted octanol–water partition coefficient (Wildman–Crippen LogP) is 1.21. The summed E-state index contributed by atoms with van der Waals surface area (Å²) in [6.45, 7) is 1.98. The zero-order valence-corrected chi connectivity index (χ0v) is 9.03. The zero-order valence-electron chi connectivity index (χ0n) is 8.21. The molecule has 4 nitrogen and oxygen atoms in total. The van der Waals surface area contributed by atoms with Crippen LogP contribution in [0.25, 0.3) is 5.82 Å². The third-order valence-electron chi connectivity index (χ3n) is 1.98. The van der Waals surface area contributed by atoms with Gasteiger partial charge in [0.05, 0.1) is 6.20 Å². The lowest BCUT2D eigenvalue weighted by Crippen LogP contribution is -2.10. The van der Waals surface area contributed by atoms with Crippen LogP contribution in [0.3, 0.4) is 0 Å². The molecule has 0 aromatic carbocycles. The maximum atomic E-state index is 5.48. The van der Waals surface area contributed by atoms with Gasteiger partial charge in [-0.1, -0.05) is 12.2 Å². The van der Waals surface area contributed by atoms with Crippen LogP contribution in [-0.2, 0) is 0 Å². The molecule has 2 aromatic rings. The summed E-state index contributed by atoms with van der Waals surface area (Å²) in [5.41, 5.74) is 7.33. The minimum Gasteiger partial charge on any atom is -0.389 e. The highest BCUT2D eigenvalue weighted by Gasteiger charge is 2.01. The third kappa shape index (κ3) is 2.02. The maximum Gasteiger partial charge on any atom is 0.153 e. The molecule has 15 heavy (non-hydrogen) atoms. The number of nitrogens with two attached hydrogens (primary N) is 1. The molecule has 2 aromatic heterocycles. The summed E-state index contributed by atoms with van der Waals surface area (Å²) in [5.74, 6) is 0.753. The Kier molecular flexibility index (Phi) is 2.47. The first kappa shape index (κ1) is 9.79. The van der Waals surface area contributed by atoms with Crippen molar-refractivity contribution < 1.29 is 0 Å². The minimum absolute atomic E-state index is 0.352. The van der Waals surface area contributed by atoms with Crippen LogP contribution in [-0.4, -0.2) is 19.8 Å². The molecule has 2 N–H and O–H groups in total. The van der Waals surface area contributed by atoms with Crippen molar-refractivity contribution in [3.63, 3.8) is 0 Å². The Balaban J connectivity index is 2.35. The molecule has 0 unspecified atom stereocenters. The Labute approximate surface area is 92.7 Å². The van der Waals surface area contributed by atoms with Gasteiger partial charge >= 0.3 is 0 Å². The molecule has 0 aliphatic heterocycles. The lowest BCUT2D eigenvalue weighted by atomic mass is 10.3. The SMILES string of the molecule is Cc1cnn(-c2ccc(C(N)=S)cn2)c1. The van der Waals surface area contributed by atoms with Crippen LogP contribution in [0, 0.1) is 6.92 Å². The maximum absolute atomic E-state index is 5.48. The molecule has 2 heterocycles. The summed E-state index contributed by atoms with van der Waals surface area (Å²) in [5, 5.41) is 4.15. The van der Waals surface area contributed by atoms with Crippen molar-refractivity contribution in [1.29, 1.82) is 0 Å². The normalized spacial score (nSPS) is 10.2. The van der Waals surface area contributed by atoms with E-state index >= 15 is 0 Å². The quantitative estimate of drug-likeness (QED) is 0.770. The Hall–Kier alpha value is -1.75. The van der Waals surface area contributed by atoms with E-state index in [0.717, 1.165) is 16.9 Å². The molecule has 0 saturated heterocycles. The molecule has 5 heteroatoms. The summed E-state index contributed by atoms with van der Waals surface area (Å²) in [6, 6.07) is 3.67. The van der Waals surface area contributed by atoms with E-state index < -0.39 is 0 Å². The summed E-state index contributed by atoms with van der Waals surface area (Å²) >= 11 is 4.84. The lowest BCUT2D eigenvalue weighted by Gasteiger charge is -2.01. The molecule has 2 rings (SSSR count). The molecule has 0 atom stereocenters. The van der Waals surface area contributed by atoms with Crippen molar-refractivity contribution in [3.05, 3.63) is 41.9 Å². The van der Waals surface area contributed by atoms with E-state index in [-0.39, 0.29) is 0 Å². The van der Waals surface area contributed by atoms with Crippen molar-refractivity contribution in [3.8, 4) is 5.82 Å². The molecular weight excluding hydrogens is 208 g/mol. The van der Waals surface area contributed by atoms with Gasteiger partial charge < -0.3 is 5.73 Å². The first-order valence-electron chi connectivity index (χ1n) is 4.44. The summed E-state index contributed by atoms with van der Waals surface area (Å²) in [7, 11) is 0. The largest absolute Gasteiger partial charge is 0.389 e. The van der Waals surface area contributed by atoms with Crippen molar-refractivity contribution >= 4 is 17.2 Å². The van der Waals surface area contributed by atoms with E-state index in [1.54, 1.807) is 17.1 Å². The number of hydrogen-bond donors (Lipinski definition) is 1. The number of nitrogens with zero attached hydrogens (tertiary/aromatic N) is 3. The molecule has 0 amide bonds. The number of rotatable bonds is 2.